The highest BCUT2D eigenvalue weighted by Crippen LogP contribution is 2.35. The van der Waals surface area contributed by atoms with E-state index in [1.165, 1.54) is 12.1 Å². The van der Waals surface area contributed by atoms with Crippen molar-refractivity contribution in [3.05, 3.63) is 53.6 Å². The number of benzene rings is 2. The molecule has 0 aliphatic heterocycles. The van der Waals surface area contributed by atoms with Crippen LogP contribution < -0.4 is 4.74 Å². The normalized spacial score (nSPS) is 11.5. The number of hydrogen-bond donors (Lipinski definition) is 0. The minimum Gasteiger partial charge on any atom is -0.492 e. The lowest BCUT2D eigenvalue weighted by molar-refractivity contribution is -0.137. The number of para-hydroxylation sites is 1. The third-order valence-electron chi connectivity index (χ3n) is 3.06. The smallest absolute Gasteiger partial charge is 0.416 e. The van der Waals surface area contributed by atoms with Gasteiger partial charge in [-0.05, 0) is 30.2 Å². The Labute approximate surface area is 129 Å². The van der Waals surface area contributed by atoms with Crippen molar-refractivity contribution in [2.75, 3.05) is 11.9 Å². The van der Waals surface area contributed by atoms with Gasteiger partial charge in [-0.1, -0.05) is 46.3 Å². The Hall–Kier alpha value is -1.49. The van der Waals surface area contributed by atoms with E-state index in [1.54, 1.807) is 0 Å². The van der Waals surface area contributed by atoms with Gasteiger partial charge in [-0.25, -0.2) is 0 Å². The highest BCUT2D eigenvalue weighted by Gasteiger charge is 2.30. The third kappa shape index (κ3) is 3.79. The molecule has 0 radical (unpaired) electrons. The molecule has 0 aliphatic carbocycles. The van der Waals surface area contributed by atoms with Gasteiger partial charge in [0.1, 0.15) is 5.75 Å². The van der Waals surface area contributed by atoms with Crippen LogP contribution in [0.4, 0.5) is 13.2 Å². The monoisotopic (exact) mass is 358 g/mol. The lowest BCUT2D eigenvalue weighted by Gasteiger charge is -2.14. The molecule has 0 spiro atoms. The number of alkyl halides is 4. The molecule has 0 atom stereocenters. The fourth-order valence-corrected chi connectivity index (χ4v) is 2.21. The van der Waals surface area contributed by atoms with Gasteiger partial charge in [0.25, 0.3) is 0 Å². The van der Waals surface area contributed by atoms with Crippen molar-refractivity contribution in [3.8, 4) is 16.9 Å². The number of ether oxygens (including phenoxy) is 1. The lowest BCUT2D eigenvalue weighted by atomic mass is 10.0. The Morgan fingerprint density at radius 1 is 1.05 bits per heavy atom. The lowest BCUT2D eigenvalue weighted by Crippen LogP contribution is -2.04. The maximum Gasteiger partial charge on any atom is 0.416 e. The van der Waals surface area contributed by atoms with Crippen LogP contribution in [0.15, 0.2) is 42.5 Å². The van der Waals surface area contributed by atoms with Crippen molar-refractivity contribution in [2.24, 2.45) is 0 Å². The van der Waals surface area contributed by atoms with Crippen molar-refractivity contribution in [1.82, 2.24) is 0 Å². The van der Waals surface area contributed by atoms with Crippen LogP contribution in [0.25, 0.3) is 11.1 Å². The first kappa shape index (κ1) is 15.9. The molecule has 0 saturated heterocycles. The Morgan fingerprint density at radius 3 is 2.29 bits per heavy atom. The van der Waals surface area contributed by atoms with Crippen LogP contribution in [0, 0.1) is 6.92 Å². The quantitative estimate of drug-likeness (QED) is 0.660. The molecule has 0 aliphatic rings. The van der Waals surface area contributed by atoms with Crippen LogP contribution in [-0.4, -0.2) is 11.9 Å². The maximum absolute atomic E-state index is 12.6. The molecule has 2 aromatic carbocycles. The predicted octanol–water partition coefficient (Wildman–Crippen LogP) is 5.45. The topological polar surface area (TPSA) is 9.23 Å². The third-order valence-corrected chi connectivity index (χ3v) is 3.38. The zero-order chi connectivity index (χ0) is 15.5. The molecule has 5 heteroatoms. The van der Waals surface area contributed by atoms with Crippen molar-refractivity contribution in [3.63, 3.8) is 0 Å². The first-order valence-corrected chi connectivity index (χ1v) is 7.51. The van der Waals surface area contributed by atoms with E-state index in [9.17, 15) is 13.2 Å². The van der Waals surface area contributed by atoms with E-state index in [0.29, 0.717) is 23.2 Å². The highest BCUT2D eigenvalue weighted by molar-refractivity contribution is 9.09. The van der Waals surface area contributed by atoms with Crippen LogP contribution in [-0.2, 0) is 6.18 Å². The standard InChI is InChI=1S/C16H14BrF3O/c1-11-3-2-4-14(15(11)21-10-9-17)12-5-7-13(8-6-12)16(18,19)20/h2-8H,9-10H2,1H3. The van der Waals surface area contributed by atoms with Gasteiger partial charge in [0.15, 0.2) is 0 Å². The van der Waals surface area contributed by atoms with Crippen LogP contribution in [0.5, 0.6) is 5.75 Å². The van der Waals surface area contributed by atoms with Gasteiger partial charge in [-0.15, -0.1) is 0 Å². The Bertz CT molecular complexity index is 606. The summed E-state index contributed by atoms with van der Waals surface area (Å²) in [5.41, 5.74) is 1.80. The fourth-order valence-electron chi connectivity index (χ4n) is 2.05. The average Bonchev–Trinajstić information content (AvgIpc) is 2.45. The number of hydrogen-bond acceptors (Lipinski definition) is 1. The molecular weight excluding hydrogens is 345 g/mol. The van der Waals surface area contributed by atoms with Crippen LogP contribution in [0.1, 0.15) is 11.1 Å². The van der Waals surface area contributed by atoms with E-state index in [1.807, 2.05) is 25.1 Å². The molecule has 0 unspecified atom stereocenters. The van der Waals surface area contributed by atoms with Crippen molar-refractivity contribution >= 4 is 15.9 Å². The summed E-state index contributed by atoms with van der Waals surface area (Å²) in [7, 11) is 0. The van der Waals surface area contributed by atoms with E-state index in [2.05, 4.69) is 15.9 Å². The van der Waals surface area contributed by atoms with Crippen LogP contribution in [0.2, 0.25) is 0 Å². The molecule has 1 nitrogen and oxygen atoms in total. The summed E-state index contributed by atoms with van der Waals surface area (Å²) in [5.74, 6) is 0.705. The van der Waals surface area contributed by atoms with Crippen molar-refractivity contribution in [2.45, 2.75) is 13.1 Å². The largest absolute Gasteiger partial charge is 0.492 e. The van der Waals surface area contributed by atoms with Gasteiger partial charge in [-0.3, -0.25) is 0 Å². The molecule has 0 N–H and O–H groups in total. The van der Waals surface area contributed by atoms with Crippen molar-refractivity contribution in [1.29, 1.82) is 0 Å². The predicted molar refractivity (Wildman–Crippen MR) is 80.9 cm³/mol. The van der Waals surface area contributed by atoms with Gasteiger partial charge in [0, 0.05) is 10.9 Å². The van der Waals surface area contributed by atoms with Crippen LogP contribution in [0.3, 0.4) is 0 Å². The Morgan fingerprint density at radius 2 is 1.71 bits per heavy atom. The van der Waals surface area contributed by atoms with Gasteiger partial charge in [-0.2, -0.15) is 13.2 Å². The minimum absolute atomic E-state index is 0.499. The second-order valence-electron chi connectivity index (χ2n) is 4.56. The van der Waals surface area contributed by atoms with E-state index < -0.39 is 11.7 Å². The van der Waals surface area contributed by atoms with Gasteiger partial charge in [0.05, 0.1) is 12.2 Å². The molecular formula is C16H14BrF3O. The summed E-state index contributed by atoms with van der Waals surface area (Å²) >= 11 is 3.29. The summed E-state index contributed by atoms with van der Waals surface area (Å²) in [6.07, 6.45) is -4.32. The fraction of sp³-hybridized carbons (Fsp3) is 0.250. The number of rotatable bonds is 4. The molecule has 0 fully saturated rings. The molecule has 2 aromatic rings. The first-order valence-electron chi connectivity index (χ1n) is 6.39. The second kappa shape index (κ2) is 6.52. The Balaban J connectivity index is 2.40. The zero-order valence-electron chi connectivity index (χ0n) is 11.4. The number of halogens is 4. The minimum atomic E-state index is -4.32. The second-order valence-corrected chi connectivity index (χ2v) is 5.36. The van der Waals surface area contributed by atoms with E-state index in [0.717, 1.165) is 23.3 Å². The SMILES string of the molecule is Cc1cccc(-c2ccc(C(F)(F)F)cc2)c1OCCBr. The van der Waals surface area contributed by atoms with E-state index in [4.69, 9.17) is 4.74 Å². The molecule has 2 rings (SSSR count). The molecule has 0 heterocycles. The van der Waals surface area contributed by atoms with Crippen molar-refractivity contribution < 1.29 is 17.9 Å². The summed E-state index contributed by atoms with van der Waals surface area (Å²) in [5, 5.41) is 0.688. The molecule has 0 saturated carbocycles. The Kier molecular flexibility index (Phi) is 4.93. The highest BCUT2D eigenvalue weighted by atomic mass is 79.9. The maximum atomic E-state index is 12.6. The molecule has 21 heavy (non-hydrogen) atoms. The first-order chi connectivity index (χ1) is 9.93. The average molecular weight is 359 g/mol. The van der Waals surface area contributed by atoms with Gasteiger partial charge < -0.3 is 4.74 Å². The summed E-state index contributed by atoms with van der Waals surface area (Å²) in [6, 6.07) is 10.7. The van der Waals surface area contributed by atoms with Gasteiger partial charge >= 0.3 is 6.18 Å². The summed E-state index contributed by atoms with van der Waals surface area (Å²) < 4.78 is 43.5. The number of aryl methyl sites for hydroxylation is 1. The molecule has 0 bridgehead atoms. The molecule has 0 aromatic heterocycles. The zero-order valence-corrected chi connectivity index (χ0v) is 13.0. The summed E-state index contributed by atoms with van der Waals surface area (Å²) in [6.45, 7) is 2.41. The summed E-state index contributed by atoms with van der Waals surface area (Å²) in [4.78, 5) is 0. The van der Waals surface area contributed by atoms with Crippen LogP contribution >= 0.6 is 15.9 Å². The van der Waals surface area contributed by atoms with Gasteiger partial charge in [0.2, 0.25) is 0 Å². The van der Waals surface area contributed by atoms with E-state index in [-0.39, 0.29) is 0 Å². The molecule has 112 valence electrons. The van der Waals surface area contributed by atoms with E-state index >= 15 is 0 Å². The molecule has 0 amide bonds.